The van der Waals surface area contributed by atoms with E-state index in [0.717, 1.165) is 36.4 Å². The molecule has 3 aromatic rings. The van der Waals surface area contributed by atoms with Gasteiger partial charge in [-0.25, -0.2) is 9.97 Å². The van der Waals surface area contributed by atoms with Crippen LogP contribution in [-0.2, 0) is 6.42 Å². The van der Waals surface area contributed by atoms with Gasteiger partial charge in [0.05, 0.1) is 5.56 Å². The van der Waals surface area contributed by atoms with Crippen LogP contribution in [0.4, 0.5) is 5.95 Å². The fraction of sp³-hybridized carbons (Fsp3) is 0.316. The highest BCUT2D eigenvalue weighted by atomic mass is 16.3. The lowest BCUT2D eigenvalue weighted by atomic mass is 10.1. The number of carbonyl (C=O) groups is 1. The minimum Gasteiger partial charge on any atom is -0.463 e. The minimum atomic E-state index is 0.0284. The van der Waals surface area contributed by atoms with E-state index in [0.29, 0.717) is 18.7 Å². The molecule has 0 aliphatic carbocycles. The van der Waals surface area contributed by atoms with Crippen molar-refractivity contribution in [2.75, 3.05) is 31.1 Å². The van der Waals surface area contributed by atoms with E-state index in [-0.39, 0.29) is 5.91 Å². The van der Waals surface area contributed by atoms with E-state index in [9.17, 15) is 4.79 Å². The first kappa shape index (κ1) is 15.6. The summed E-state index contributed by atoms with van der Waals surface area (Å²) in [5, 5.41) is 0.901. The molecule has 6 heteroatoms. The molecule has 0 bridgehead atoms. The van der Waals surface area contributed by atoms with Crippen molar-refractivity contribution >= 4 is 22.8 Å². The van der Waals surface area contributed by atoms with Gasteiger partial charge in [0.15, 0.2) is 0 Å². The Morgan fingerprint density at radius 1 is 1.16 bits per heavy atom. The number of benzene rings is 1. The third-order valence-corrected chi connectivity index (χ3v) is 4.68. The van der Waals surface area contributed by atoms with Crippen molar-refractivity contribution in [2.24, 2.45) is 0 Å². The summed E-state index contributed by atoms with van der Waals surface area (Å²) in [5.74, 6) is 0.747. The van der Waals surface area contributed by atoms with Crippen LogP contribution in [0.15, 0.2) is 47.3 Å². The standard InChI is InChI=1S/C19H20N4O2/c1-2-14-4-5-17-15(12-14)16(13-25-17)18(24)22-8-10-23(11-9-22)19-20-6-3-7-21-19/h3-7,12-13H,2,8-11H2,1H3. The number of rotatable bonds is 3. The Hall–Kier alpha value is -2.89. The van der Waals surface area contributed by atoms with E-state index >= 15 is 0 Å². The number of hydrogen-bond acceptors (Lipinski definition) is 5. The van der Waals surface area contributed by atoms with Crippen LogP contribution in [0.2, 0.25) is 0 Å². The molecule has 0 unspecified atom stereocenters. The SMILES string of the molecule is CCc1ccc2occ(C(=O)N3CCN(c4ncccn4)CC3)c2c1. The molecular weight excluding hydrogens is 316 g/mol. The van der Waals surface area contributed by atoms with Gasteiger partial charge in [-0.3, -0.25) is 4.79 Å². The van der Waals surface area contributed by atoms with Gasteiger partial charge >= 0.3 is 0 Å². The van der Waals surface area contributed by atoms with E-state index in [1.165, 1.54) is 5.56 Å². The normalized spacial score (nSPS) is 14.9. The van der Waals surface area contributed by atoms with Crippen molar-refractivity contribution in [3.63, 3.8) is 0 Å². The molecule has 3 heterocycles. The summed E-state index contributed by atoms with van der Waals surface area (Å²) in [5.41, 5.74) is 2.61. The summed E-state index contributed by atoms with van der Waals surface area (Å²) in [4.78, 5) is 25.5. The van der Waals surface area contributed by atoms with Crippen LogP contribution < -0.4 is 4.90 Å². The Balaban J connectivity index is 1.51. The molecule has 0 N–H and O–H groups in total. The molecule has 25 heavy (non-hydrogen) atoms. The summed E-state index contributed by atoms with van der Waals surface area (Å²) in [6.45, 7) is 4.86. The van der Waals surface area contributed by atoms with Gasteiger partial charge in [0.2, 0.25) is 5.95 Å². The molecule has 1 fully saturated rings. The quantitative estimate of drug-likeness (QED) is 0.736. The van der Waals surface area contributed by atoms with E-state index < -0.39 is 0 Å². The Labute approximate surface area is 146 Å². The average molecular weight is 336 g/mol. The summed E-state index contributed by atoms with van der Waals surface area (Å²) in [7, 11) is 0. The fourth-order valence-electron chi connectivity index (χ4n) is 3.20. The number of furan rings is 1. The Bertz CT molecular complexity index is 883. The largest absolute Gasteiger partial charge is 0.463 e. The highest BCUT2D eigenvalue weighted by molar-refractivity contribution is 6.06. The second kappa shape index (κ2) is 6.55. The number of aromatic nitrogens is 2. The summed E-state index contributed by atoms with van der Waals surface area (Å²) < 4.78 is 5.57. The molecule has 1 amide bonds. The van der Waals surface area contributed by atoms with Crippen LogP contribution >= 0.6 is 0 Å². The fourth-order valence-corrected chi connectivity index (χ4v) is 3.20. The van der Waals surface area contributed by atoms with Gasteiger partial charge in [0, 0.05) is 44.0 Å². The third-order valence-electron chi connectivity index (χ3n) is 4.68. The number of hydrogen-bond donors (Lipinski definition) is 0. The zero-order valence-electron chi connectivity index (χ0n) is 14.2. The Kier molecular flexibility index (Phi) is 4.09. The van der Waals surface area contributed by atoms with E-state index in [1.54, 1.807) is 24.7 Å². The van der Waals surface area contributed by atoms with Crippen LogP contribution in [0.25, 0.3) is 11.0 Å². The van der Waals surface area contributed by atoms with Gasteiger partial charge in [0.25, 0.3) is 5.91 Å². The summed E-state index contributed by atoms with van der Waals surface area (Å²) in [6.07, 6.45) is 6.00. The van der Waals surface area contributed by atoms with Crippen LogP contribution in [0.1, 0.15) is 22.8 Å². The molecule has 1 saturated heterocycles. The van der Waals surface area contributed by atoms with Crippen molar-refractivity contribution < 1.29 is 9.21 Å². The van der Waals surface area contributed by atoms with Crippen molar-refractivity contribution in [3.05, 3.63) is 54.0 Å². The minimum absolute atomic E-state index is 0.0284. The van der Waals surface area contributed by atoms with Crippen molar-refractivity contribution in [1.29, 1.82) is 0 Å². The molecule has 0 atom stereocenters. The third kappa shape index (κ3) is 2.95. The molecule has 1 aliphatic rings. The number of carbonyl (C=O) groups excluding carboxylic acids is 1. The van der Waals surface area contributed by atoms with Gasteiger partial charge in [-0.15, -0.1) is 0 Å². The number of piperazine rings is 1. The smallest absolute Gasteiger partial charge is 0.257 e. The second-order valence-electron chi connectivity index (χ2n) is 6.16. The monoisotopic (exact) mass is 336 g/mol. The maximum Gasteiger partial charge on any atom is 0.257 e. The van der Waals surface area contributed by atoms with Gasteiger partial charge in [-0.05, 0) is 30.2 Å². The summed E-state index contributed by atoms with van der Waals surface area (Å²) >= 11 is 0. The maximum atomic E-state index is 12.9. The van der Waals surface area contributed by atoms with Crippen molar-refractivity contribution in [1.82, 2.24) is 14.9 Å². The molecule has 1 aliphatic heterocycles. The lowest BCUT2D eigenvalue weighted by Gasteiger charge is -2.34. The molecule has 1 aromatic carbocycles. The number of aryl methyl sites for hydroxylation is 1. The molecule has 0 radical (unpaired) electrons. The Morgan fingerprint density at radius 3 is 2.64 bits per heavy atom. The second-order valence-corrected chi connectivity index (χ2v) is 6.16. The van der Waals surface area contributed by atoms with Gasteiger partial charge in [0.1, 0.15) is 11.8 Å². The van der Waals surface area contributed by atoms with Crippen molar-refractivity contribution in [3.8, 4) is 0 Å². The molecule has 6 nitrogen and oxygen atoms in total. The first-order valence-corrected chi connectivity index (χ1v) is 8.57. The average Bonchev–Trinajstić information content (AvgIpc) is 3.11. The van der Waals surface area contributed by atoms with Crippen LogP contribution in [0, 0.1) is 0 Å². The zero-order chi connectivity index (χ0) is 17.2. The van der Waals surface area contributed by atoms with Crippen LogP contribution in [0.5, 0.6) is 0 Å². The molecule has 4 rings (SSSR count). The zero-order valence-corrected chi connectivity index (χ0v) is 14.2. The predicted octanol–water partition coefficient (Wildman–Crippen LogP) is 2.75. The first-order chi connectivity index (χ1) is 12.3. The number of amides is 1. The topological polar surface area (TPSA) is 62.5 Å². The van der Waals surface area contributed by atoms with Crippen LogP contribution in [0.3, 0.4) is 0 Å². The van der Waals surface area contributed by atoms with Gasteiger partial charge in [-0.1, -0.05) is 13.0 Å². The molecule has 0 saturated carbocycles. The van der Waals surface area contributed by atoms with Crippen LogP contribution in [-0.4, -0.2) is 47.0 Å². The van der Waals surface area contributed by atoms with Gasteiger partial charge in [-0.2, -0.15) is 0 Å². The summed E-state index contributed by atoms with van der Waals surface area (Å²) in [6, 6.07) is 7.84. The number of fused-ring (bicyclic) bond motifs is 1. The number of nitrogens with zero attached hydrogens (tertiary/aromatic N) is 4. The molecule has 128 valence electrons. The highest BCUT2D eigenvalue weighted by Crippen LogP contribution is 2.24. The maximum absolute atomic E-state index is 12.9. The highest BCUT2D eigenvalue weighted by Gasteiger charge is 2.25. The van der Waals surface area contributed by atoms with E-state index in [4.69, 9.17) is 4.42 Å². The van der Waals surface area contributed by atoms with E-state index in [1.807, 2.05) is 17.0 Å². The Morgan fingerprint density at radius 2 is 1.92 bits per heavy atom. The number of anilines is 1. The predicted molar refractivity (Wildman–Crippen MR) is 95.7 cm³/mol. The molecule has 0 spiro atoms. The van der Waals surface area contributed by atoms with E-state index in [2.05, 4.69) is 27.9 Å². The van der Waals surface area contributed by atoms with Gasteiger partial charge < -0.3 is 14.2 Å². The van der Waals surface area contributed by atoms with Crippen molar-refractivity contribution in [2.45, 2.75) is 13.3 Å². The molecular formula is C19H20N4O2. The lowest BCUT2D eigenvalue weighted by Crippen LogP contribution is -2.49. The molecule has 2 aromatic heterocycles. The first-order valence-electron chi connectivity index (χ1n) is 8.57. The lowest BCUT2D eigenvalue weighted by molar-refractivity contribution is 0.0747.